The maximum absolute atomic E-state index is 8.61. The summed E-state index contributed by atoms with van der Waals surface area (Å²) < 4.78 is 4.99. The molecule has 0 spiro atoms. The highest BCUT2D eigenvalue weighted by Gasteiger charge is 1.94. The molecule has 2 nitrogen and oxygen atoms in total. The zero-order valence-corrected chi connectivity index (χ0v) is 10.2. The maximum Gasteiger partial charge on any atom is 0.104 e. The van der Waals surface area contributed by atoms with Crippen LogP contribution in [0.5, 0.6) is 0 Å². The van der Waals surface area contributed by atoms with E-state index in [1.54, 1.807) is 7.11 Å². The van der Waals surface area contributed by atoms with Crippen LogP contribution in [0.1, 0.15) is 11.1 Å². The molecule has 1 aromatic rings. The first-order chi connectivity index (χ1) is 7.86. The minimum Gasteiger partial charge on any atom is -0.384 e. The van der Waals surface area contributed by atoms with E-state index in [2.05, 4.69) is 24.0 Å². The third-order valence-corrected chi connectivity index (χ3v) is 2.93. The Morgan fingerprint density at radius 2 is 2.31 bits per heavy atom. The van der Waals surface area contributed by atoms with Crippen LogP contribution in [0.15, 0.2) is 24.3 Å². The van der Waals surface area contributed by atoms with Gasteiger partial charge in [-0.05, 0) is 17.7 Å². The van der Waals surface area contributed by atoms with Crippen molar-refractivity contribution in [2.75, 3.05) is 26.1 Å². The van der Waals surface area contributed by atoms with Crippen LogP contribution in [0.25, 0.3) is 0 Å². The van der Waals surface area contributed by atoms with Gasteiger partial charge in [-0.2, -0.15) is 11.8 Å². The number of hydrogen-bond acceptors (Lipinski definition) is 3. The lowest BCUT2D eigenvalue weighted by molar-refractivity contribution is 0.218. The molecule has 0 atom stereocenters. The lowest BCUT2D eigenvalue weighted by Gasteiger charge is -2.02. The Balaban J connectivity index is 2.47. The molecule has 0 aliphatic rings. The van der Waals surface area contributed by atoms with Crippen LogP contribution in [0, 0.1) is 11.8 Å². The Kier molecular flexibility index (Phi) is 6.75. The van der Waals surface area contributed by atoms with Crippen molar-refractivity contribution in [3.05, 3.63) is 35.4 Å². The summed E-state index contributed by atoms with van der Waals surface area (Å²) in [5.41, 5.74) is 2.21. The first-order valence-electron chi connectivity index (χ1n) is 5.12. The van der Waals surface area contributed by atoms with Crippen molar-refractivity contribution < 1.29 is 9.84 Å². The molecule has 0 amide bonds. The average Bonchev–Trinajstić information content (AvgIpc) is 2.33. The minimum absolute atomic E-state index is 0.0905. The van der Waals surface area contributed by atoms with E-state index in [0.29, 0.717) is 0 Å². The van der Waals surface area contributed by atoms with Crippen molar-refractivity contribution in [2.45, 2.75) is 5.75 Å². The highest BCUT2D eigenvalue weighted by atomic mass is 32.2. The molecule has 0 heterocycles. The summed E-state index contributed by atoms with van der Waals surface area (Å²) >= 11 is 1.84. The first-order valence-corrected chi connectivity index (χ1v) is 6.27. The molecule has 3 heteroatoms. The Morgan fingerprint density at radius 1 is 1.44 bits per heavy atom. The minimum atomic E-state index is -0.0905. The van der Waals surface area contributed by atoms with Crippen molar-refractivity contribution in [2.24, 2.45) is 0 Å². The van der Waals surface area contributed by atoms with E-state index in [-0.39, 0.29) is 6.61 Å². The van der Waals surface area contributed by atoms with Crippen molar-refractivity contribution in [3.8, 4) is 11.8 Å². The quantitative estimate of drug-likeness (QED) is 0.625. The molecule has 16 heavy (non-hydrogen) atoms. The molecule has 0 aliphatic heterocycles. The SMILES string of the molecule is COCCSCc1cccc(C#CCO)c1. The fourth-order valence-electron chi connectivity index (χ4n) is 1.21. The maximum atomic E-state index is 8.61. The fourth-order valence-corrected chi connectivity index (χ4v) is 2.06. The predicted molar refractivity (Wildman–Crippen MR) is 68.4 cm³/mol. The molecule has 0 bridgehead atoms. The lowest BCUT2D eigenvalue weighted by atomic mass is 10.1. The normalized spacial score (nSPS) is 9.62. The summed E-state index contributed by atoms with van der Waals surface area (Å²) in [5, 5.41) is 8.61. The zero-order valence-electron chi connectivity index (χ0n) is 9.40. The van der Waals surface area contributed by atoms with E-state index in [1.807, 2.05) is 23.9 Å². The molecule has 1 rings (SSSR count). The van der Waals surface area contributed by atoms with Gasteiger partial charge in [0.15, 0.2) is 0 Å². The van der Waals surface area contributed by atoms with E-state index in [0.717, 1.165) is 23.7 Å². The second-order valence-electron chi connectivity index (χ2n) is 3.21. The monoisotopic (exact) mass is 236 g/mol. The topological polar surface area (TPSA) is 29.5 Å². The molecule has 1 aromatic carbocycles. The molecule has 0 radical (unpaired) electrons. The molecule has 0 aliphatic carbocycles. The van der Waals surface area contributed by atoms with Gasteiger partial charge in [0, 0.05) is 24.2 Å². The highest BCUT2D eigenvalue weighted by molar-refractivity contribution is 7.98. The van der Waals surface area contributed by atoms with E-state index >= 15 is 0 Å². The summed E-state index contributed by atoms with van der Waals surface area (Å²) in [7, 11) is 1.71. The Labute approximate surface area is 101 Å². The summed E-state index contributed by atoms with van der Waals surface area (Å²) in [6.45, 7) is 0.696. The van der Waals surface area contributed by atoms with Gasteiger partial charge in [-0.25, -0.2) is 0 Å². The molecule has 1 N–H and O–H groups in total. The van der Waals surface area contributed by atoms with Gasteiger partial charge in [0.05, 0.1) is 6.61 Å². The number of aliphatic hydroxyl groups is 1. The van der Waals surface area contributed by atoms with Crippen molar-refractivity contribution >= 4 is 11.8 Å². The van der Waals surface area contributed by atoms with E-state index < -0.39 is 0 Å². The lowest BCUT2D eigenvalue weighted by Crippen LogP contribution is -1.92. The number of methoxy groups -OCH3 is 1. The molecule has 0 saturated heterocycles. The van der Waals surface area contributed by atoms with Crippen LogP contribution in [0.2, 0.25) is 0 Å². The van der Waals surface area contributed by atoms with E-state index in [9.17, 15) is 0 Å². The van der Waals surface area contributed by atoms with Gasteiger partial charge in [-0.3, -0.25) is 0 Å². The molecule has 0 fully saturated rings. The molecule has 86 valence electrons. The smallest absolute Gasteiger partial charge is 0.104 e. The number of rotatable bonds is 5. The van der Waals surface area contributed by atoms with E-state index in [4.69, 9.17) is 9.84 Å². The summed E-state index contributed by atoms with van der Waals surface area (Å²) in [6.07, 6.45) is 0. The summed E-state index contributed by atoms with van der Waals surface area (Å²) in [5.74, 6) is 7.52. The first kappa shape index (κ1) is 13.1. The van der Waals surface area contributed by atoms with E-state index in [1.165, 1.54) is 5.56 Å². The van der Waals surface area contributed by atoms with Crippen molar-refractivity contribution in [1.29, 1.82) is 0 Å². The van der Waals surface area contributed by atoms with Crippen LogP contribution < -0.4 is 0 Å². The third kappa shape index (κ3) is 5.22. The van der Waals surface area contributed by atoms with Gasteiger partial charge in [-0.15, -0.1) is 0 Å². The molecule has 0 unspecified atom stereocenters. The van der Waals surface area contributed by atoms with Crippen molar-refractivity contribution in [1.82, 2.24) is 0 Å². The molecular weight excluding hydrogens is 220 g/mol. The second-order valence-corrected chi connectivity index (χ2v) is 4.31. The van der Waals surface area contributed by atoms with Crippen LogP contribution in [-0.4, -0.2) is 31.2 Å². The van der Waals surface area contributed by atoms with Crippen LogP contribution >= 0.6 is 11.8 Å². The van der Waals surface area contributed by atoms with Gasteiger partial charge >= 0.3 is 0 Å². The molecular formula is C13H16O2S. The third-order valence-electron chi connectivity index (χ3n) is 1.94. The van der Waals surface area contributed by atoms with Crippen LogP contribution in [-0.2, 0) is 10.5 Å². The largest absolute Gasteiger partial charge is 0.384 e. The van der Waals surface area contributed by atoms with Gasteiger partial charge in [0.1, 0.15) is 6.61 Å². The number of thioether (sulfide) groups is 1. The Morgan fingerprint density at radius 3 is 3.06 bits per heavy atom. The standard InChI is InChI=1S/C13H16O2S/c1-15-8-9-16-11-13-5-2-4-12(10-13)6-3-7-14/h2,4-5,10,14H,7-9,11H2,1H3. The zero-order chi connectivity index (χ0) is 11.6. The average molecular weight is 236 g/mol. The van der Waals surface area contributed by atoms with Crippen LogP contribution in [0.3, 0.4) is 0 Å². The summed E-state index contributed by atoms with van der Waals surface area (Å²) in [6, 6.07) is 8.09. The Bertz CT molecular complexity index is 366. The van der Waals surface area contributed by atoms with Gasteiger partial charge in [-0.1, -0.05) is 24.0 Å². The van der Waals surface area contributed by atoms with Gasteiger partial charge in [0.25, 0.3) is 0 Å². The molecule has 0 saturated carbocycles. The number of aliphatic hydroxyl groups excluding tert-OH is 1. The number of ether oxygens (including phenoxy) is 1. The van der Waals surface area contributed by atoms with Crippen molar-refractivity contribution in [3.63, 3.8) is 0 Å². The molecule has 0 aromatic heterocycles. The predicted octanol–water partition coefficient (Wildman–Crippen LogP) is 1.91. The summed E-state index contributed by atoms with van der Waals surface area (Å²) in [4.78, 5) is 0. The number of benzene rings is 1. The number of hydrogen-bond donors (Lipinski definition) is 1. The highest BCUT2D eigenvalue weighted by Crippen LogP contribution is 2.13. The second kappa shape index (κ2) is 8.23. The Hall–Kier alpha value is -0.950. The van der Waals surface area contributed by atoms with Gasteiger partial charge in [0.2, 0.25) is 0 Å². The fraction of sp³-hybridized carbons (Fsp3) is 0.385. The van der Waals surface area contributed by atoms with Crippen LogP contribution in [0.4, 0.5) is 0 Å². The van der Waals surface area contributed by atoms with Gasteiger partial charge < -0.3 is 9.84 Å².